The van der Waals surface area contributed by atoms with Gasteiger partial charge in [-0.2, -0.15) is 0 Å². The van der Waals surface area contributed by atoms with Crippen LogP contribution >= 0.6 is 12.2 Å². The average molecular weight is 456 g/mol. The van der Waals surface area contributed by atoms with Gasteiger partial charge >= 0.3 is 5.97 Å². The van der Waals surface area contributed by atoms with Crippen molar-refractivity contribution >= 4 is 40.8 Å². The number of hydrogen-bond acceptors (Lipinski definition) is 6. The molecule has 8 nitrogen and oxygen atoms in total. The highest BCUT2D eigenvalue weighted by molar-refractivity contribution is 7.80. The number of methoxy groups -OCH3 is 1. The lowest BCUT2D eigenvalue weighted by atomic mass is 10.1. The number of ether oxygens (including phenoxy) is 2. The first-order valence-electron chi connectivity index (χ1n) is 10.2. The van der Waals surface area contributed by atoms with Crippen molar-refractivity contribution in [3.05, 3.63) is 60.2 Å². The Hall–Kier alpha value is -3.46. The molecule has 1 unspecified atom stereocenters. The standard InChI is InChI=1S/C23H25N3O5S/c1-3-31-18-11-9-17(10-12-18)24-20(27)13-19-22(29)26(14-16-7-5-4-6-8-16)23(32)25(19)15-21(28)30-2/h4-12,19H,3,13-15H2,1-2H3,(H,24,27). The van der Waals surface area contributed by atoms with Gasteiger partial charge in [0.1, 0.15) is 18.3 Å². The second-order valence-electron chi connectivity index (χ2n) is 7.12. The Kier molecular flexibility index (Phi) is 7.77. The lowest BCUT2D eigenvalue weighted by Crippen LogP contribution is -2.41. The molecule has 1 fully saturated rings. The first-order chi connectivity index (χ1) is 15.4. The molecular formula is C23H25N3O5S. The Morgan fingerprint density at radius 3 is 2.41 bits per heavy atom. The van der Waals surface area contributed by atoms with E-state index in [0.29, 0.717) is 18.0 Å². The Bertz CT molecular complexity index is 981. The second-order valence-corrected chi connectivity index (χ2v) is 7.49. The van der Waals surface area contributed by atoms with Gasteiger partial charge in [0.25, 0.3) is 5.91 Å². The summed E-state index contributed by atoms with van der Waals surface area (Å²) in [5.74, 6) is -0.544. The molecule has 0 radical (unpaired) electrons. The number of anilines is 1. The minimum atomic E-state index is -0.895. The normalized spacial score (nSPS) is 15.6. The predicted molar refractivity (Wildman–Crippen MR) is 123 cm³/mol. The van der Waals surface area contributed by atoms with E-state index >= 15 is 0 Å². The first-order valence-corrected chi connectivity index (χ1v) is 10.6. The van der Waals surface area contributed by atoms with Crippen molar-refractivity contribution in [1.29, 1.82) is 0 Å². The van der Waals surface area contributed by atoms with Gasteiger partial charge in [0, 0.05) is 5.69 Å². The molecule has 0 aliphatic carbocycles. The van der Waals surface area contributed by atoms with E-state index in [2.05, 4.69) is 5.32 Å². The lowest BCUT2D eigenvalue weighted by molar-refractivity contribution is -0.141. The fraction of sp³-hybridized carbons (Fsp3) is 0.304. The van der Waals surface area contributed by atoms with Crippen LogP contribution < -0.4 is 10.1 Å². The molecule has 0 bridgehead atoms. The summed E-state index contributed by atoms with van der Waals surface area (Å²) in [7, 11) is 1.26. The molecule has 1 aliphatic heterocycles. The van der Waals surface area contributed by atoms with E-state index in [1.165, 1.54) is 16.9 Å². The third-order valence-electron chi connectivity index (χ3n) is 4.94. The van der Waals surface area contributed by atoms with Crippen molar-refractivity contribution in [2.24, 2.45) is 0 Å². The number of esters is 1. The number of nitrogens with zero attached hydrogens (tertiary/aromatic N) is 2. The van der Waals surface area contributed by atoms with Gasteiger partial charge in [0.05, 0.1) is 26.7 Å². The smallest absolute Gasteiger partial charge is 0.325 e. The van der Waals surface area contributed by atoms with Gasteiger partial charge in [-0.05, 0) is 49.0 Å². The fourth-order valence-electron chi connectivity index (χ4n) is 3.38. The van der Waals surface area contributed by atoms with Gasteiger partial charge in [0.15, 0.2) is 5.11 Å². The largest absolute Gasteiger partial charge is 0.494 e. The number of carbonyl (C=O) groups is 3. The third-order valence-corrected chi connectivity index (χ3v) is 5.40. The molecule has 0 spiro atoms. The Morgan fingerprint density at radius 2 is 1.78 bits per heavy atom. The van der Waals surface area contributed by atoms with E-state index in [0.717, 1.165) is 5.56 Å². The second kappa shape index (κ2) is 10.7. The summed E-state index contributed by atoms with van der Waals surface area (Å²) in [5, 5.41) is 2.97. The zero-order valence-electron chi connectivity index (χ0n) is 17.9. The fourth-order valence-corrected chi connectivity index (χ4v) is 3.72. The van der Waals surface area contributed by atoms with Crippen molar-refractivity contribution in [1.82, 2.24) is 9.80 Å². The van der Waals surface area contributed by atoms with Gasteiger partial charge in [-0.15, -0.1) is 0 Å². The summed E-state index contributed by atoms with van der Waals surface area (Å²) < 4.78 is 10.1. The maximum Gasteiger partial charge on any atom is 0.325 e. The molecule has 1 N–H and O–H groups in total. The lowest BCUT2D eigenvalue weighted by Gasteiger charge is -2.22. The highest BCUT2D eigenvalue weighted by atomic mass is 32.1. The van der Waals surface area contributed by atoms with Crippen molar-refractivity contribution in [2.75, 3.05) is 25.6 Å². The quantitative estimate of drug-likeness (QED) is 0.459. The number of hydrogen-bond donors (Lipinski definition) is 1. The monoisotopic (exact) mass is 455 g/mol. The minimum Gasteiger partial charge on any atom is -0.494 e. The maximum absolute atomic E-state index is 13.2. The highest BCUT2D eigenvalue weighted by Crippen LogP contribution is 2.24. The van der Waals surface area contributed by atoms with E-state index in [1.807, 2.05) is 37.3 Å². The van der Waals surface area contributed by atoms with Crippen LogP contribution in [-0.4, -0.2) is 59.0 Å². The van der Waals surface area contributed by atoms with Crippen LogP contribution in [0.25, 0.3) is 0 Å². The molecule has 0 aromatic heterocycles. The molecular weight excluding hydrogens is 430 g/mol. The van der Waals surface area contributed by atoms with E-state index in [-0.39, 0.29) is 36.4 Å². The van der Waals surface area contributed by atoms with Crippen LogP contribution in [-0.2, 0) is 25.7 Å². The molecule has 1 heterocycles. The Labute approximate surface area is 192 Å². The van der Waals surface area contributed by atoms with Crippen LogP contribution in [0.15, 0.2) is 54.6 Å². The predicted octanol–water partition coefficient (Wildman–Crippen LogP) is 2.58. The van der Waals surface area contributed by atoms with Crippen LogP contribution in [0.2, 0.25) is 0 Å². The molecule has 2 aromatic carbocycles. The highest BCUT2D eigenvalue weighted by Gasteiger charge is 2.44. The summed E-state index contributed by atoms with van der Waals surface area (Å²) in [6, 6.07) is 15.4. The molecule has 168 valence electrons. The Balaban J connectivity index is 1.73. The molecule has 2 amide bonds. The number of carbonyl (C=O) groups excluding carboxylic acids is 3. The Morgan fingerprint density at radius 1 is 1.09 bits per heavy atom. The number of benzene rings is 2. The van der Waals surface area contributed by atoms with Crippen LogP contribution in [0.1, 0.15) is 18.9 Å². The molecule has 2 aromatic rings. The molecule has 9 heteroatoms. The van der Waals surface area contributed by atoms with E-state index in [1.54, 1.807) is 24.3 Å². The summed E-state index contributed by atoms with van der Waals surface area (Å²) >= 11 is 5.48. The van der Waals surface area contributed by atoms with Gasteiger partial charge in [-0.25, -0.2) is 0 Å². The molecule has 1 saturated heterocycles. The summed E-state index contributed by atoms with van der Waals surface area (Å²) in [6.07, 6.45) is -0.158. The van der Waals surface area contributed by atoms with E-state index < -0.39 is 12.0 Å². The van der Waals surface area contributed by atoms with Crippen molar-refractivity contribution in [3.8, 4) is 5.75 Å². The molecule has 1 aliphatic rings. The summed E-state index contributed by atoms with van der Waals surface area (Å²) in [4.78, 5) is 40.6. The van der Waals surface area contributed by atoms with Crippen LogP contribution in [0, 0.1) is 0 Å². The van der Waals surface area contributed by atoms with Crippen molar-refractivity contribution < 1.29 is 23.9 Å². The maximum atomic E-state index is 13.2. The SMILES string of the molecule is CCOc1ccc(NC(=O)CC2C(=O)N(Cc3ccccc3)C(=S)N2CC(=O)OC)cc1. The average Bonchev–Trinajstić information content (AvgIpc) is 3.00. The van der Waals surface area contributed by atoms with E-state index in [4.69, 9.17) is 21.7 Å². The van der Waals surface area contributed by atoms with Gasteiger partial charge in [0.2, 0.25) is 5.91 Å². The molecule has 3 rings (SSSR count). The van der Waals surface area contributed by atoms with Crippen LogP contribution in [0.5, 0.6) is 5.75 Å². The summed E-state index contributed by atoms with van der Waals surface area (Å²) in [5.41, 5.74) is 1.47. The van der Waals surface area contributed by atoms with Crippen LogP contribution in [0.4, 0.5) is 5.69 Å². The zero-order valence-corrected chi connectivity index (χ0v) is 18.8. The molecule has 32 heavy (non-hydrogen) atoms. The number of amides is 2. The van der Waals surface area contributed by atoms with Crippen LogP contribution in [0.3, 0.4) is 0 Å². The first kappa shape index (κ1) is 23.2. The summed E-state index contributed by atoms with van der Waals surface area (Å²) in [6.45, 7) is 2.48. The number of rotatable bonds is 9. The number of thiocarbonyl (C=S) groups is 1. The third kappa shape index (κ3) is 5.61. The van der Waals surface area contributed by atoms with Gasteiger partial charge < -0.3 is 19.7 Å². The van der Waals surface area contributed by atoms with E-state index in [9.17, 15) is 14.4 Å². The molecule has 1 atom stereocenters. The molecule has 0 saturated carbocycles. The van der Waals surface area contributed by atoms with Crippen molar-refractivity contribution in [2.45, 2.75) is 25.9 Å². The van der Waals surface area contributed by atoms with Crippen molar-refractivity contribution in [3.63, 3.8) is 0 Å². The zero-order chi connectivity index (χ0) is 23.1. The van der Waals surface area contributed by atoms with Gasteiger partial charge in [-0.3, -0.25) is 19.3 Å². The minimum absolute atomic E-state index is 0.158. The van der Waals surface area contributed by atoms with Gasteiger partial charge in [-0.1, -0.05) is 30.3 Å². The topological polar surface area (TPSA) is 88.2 Å². The number of nitrogens with one attached hydrogen (secondary N) is 1.